The van der Waals surface area contributed by atoms with Crippen LogP contribution >= 0.6 is 0 Å². The van der Waals surface area contributed by atoms with E-state index in [2.05, 4.69) is 16.0 Å². The van der Waals surface area contributed by atoms with Crippen molar-refractivity contribution in [3.05, 3.63) is 0 Å². The number of carboxylic acid groups (broad SMARTS) is 5. The average Bonchev–Trinajstić information content (AvgIpc) is 3.33. The van der Waals surface area contributed by atoms with E-state index >= 15 is 0 Å². The first kappa shape index (κ1) is 40.6. The van der Waals surface area contributed by atoms with Crippen LogP contribution in [0.1, 0.15) is 39.5 Å². The lowest BCUT2D eigenvalue weighted by Crippen LogP contribution is -2.30. The Hall–Kier alpha value is -3.58. The molecule has 4 atom stereocenters. The molecule has 0 saturated carbocycles. The Morgan fingerprint density at radius 2 is 1.30 bits per heavy atom. The monoisotopic (exact) mass is 542 g/mol. The number of guanidine groups is 1. The topological polar surface area (TPSA) is 367 Å². The molecule has 0 aliphatic carbocycles. The molecule has 18 heteroatoms. The lowest BCUT2D eigenvalue weighted by molar-refractivity contribution is -0.139. The van der Waals surface area contributed by atoms with E-state index in [1.807, 2.05) is 0 Å². The van der Waals surface area contributed by atoms with Crippen LogP contribution in [0.2, 0.25) is 0 Å². The van der Waals surface area contributed by atoms with Crippen molar-refractivity contribution in [1.82, 2.24) is 5.32 Å². The number of aliphatic carboxylic acids is 5. The van der Waals surface area contributed by atoms with Gasteiger partial charge in [0.15, 0.2) is 5.96 Å². The maximum Gasteiger partial charge on any atom is 0.320 e. The molecule has 0 aromatic rings. The van der Waals surface area contributed by atoms with Crippen molar-refractivity contribution in [2.24, 2.45) is 39.4 Å². The van der Waals surface area contributed by atoms with Crippen LogP contribution in [0.5, 0.6) is 0 Å². The zero-order valence-corrected chi connectivity index (χ0v) is 20.9. The van der Waals surface area contributed by atoms with Crippen molar-refractivity contribution in [1.29, 1.82) is 0 Å². The zero-order chi connectivity index (χ0) is 30.1. The van der Waals surface area contributed by atoms with Gasteiger partial charge in [-0.1, -0.05) is 0 Å². The molecule has 1 heterocycles. The van der Waals surface area contributed by atoms with Gasteiger partial charge in [0.2, 0.25) is 0 Å². The maximum absolute atomic E-state index is 10.2. The Morgan fingerprint density at radius 1 is 0.892 bits per heavy atom. The summed E-state index contributed by atoms with van der Waals surface area (Å²) in [6, 6.07) is -2.55. The van der Waals surface area contributed by atoms with Gasteiger partial charge in [-0.05, 0) is 46.1 Å². The number of nitrogens with zero attached hydrogens (tertiary/aromatic N) is 1. The van der Waals surface area contributed by atoms with Crippen molar-refractivity contribution in [2.75, 3.05) is 19.6 Å². The second-order valence-corrected chi connectivity index (χ2v) is 7.23. The first-order valence-corrected chi connectivity index (χ1v) is 10.8. The van der Waals surface area contributed by atoms with Gasteiger partial charge in [0, 0.05) is 6.54 Å². The normalized spacial score (nSPS) is 15.5. The van der Waals surface area contributed by atoms with E-state index in [1.165, 1.54) is 13.8 Å². The number of nitrogens with one attached hydrogen (secondary N) is 1. The van der Waals surface area contributed by atoms with Crippen LogP contribution in [0, 0.1) is 0 Å². The highest BCUT2D eigenvalue weighted by molar-refractivity contribution is 5.75. The van der Waals surface area contributed by atoms with Gasteiger partial charge in [-0.15, -0.1) is 0 Å². The highest BCUT2D eigenvalue weighted by Crippen LogP contribution is 2.03. The van der Waals surface area contributed by atoms with Crippen LogP contribution in [0.25, 0.3) is 0 Å². The van der Waals surface area contributed by atoms with E-state index in [9.17, 15) is 24.0 Å². The smallest absolute Gasteiger partial charge is 0.320 e. The van der Waals surface area contributed by atoms with Gasteiger partial charge in [0.25, 0.3) is 0 Å². The molecule has 1 aliphatic heterocycles. The molecule has 1 rings (SSSR count). The van der Waals surface area contributed by atoms with Gasteiger partial charge in [-0.2, -0.15) is 0 Å². The van der Waals surface area contributed by atoms with Crippen LogP contribution in [-0.4, -0.2) is 105 Å². The Kier molecular flexibility index (Phi) is 28.0. The van der Waals surface area contributed by atoms with Crippen LogP contribution < -0.4 is 39.7 Å². The molecule has 0 amide bonds. The van der Waals surface area contributed by atoms with Crippen molar-refractivity contribution in [2.45, 2.75) is 63.7 Å². The molecule has 0 spiro atoms. The number of carboxylic acids is 5. The molecule has 1 fully saturated rings. The second-order valence-electron chi connectivity index (χ2n) is 7.23. The van der Waals surface area contributed by atoms with E-state index in [0.29, 0.717) is 19.4 Å². The van der Waals surface area contributed by atoms with Gasteiger partial charge in [-0.3, -0.25) is 29.0 Å². The van der Waals surface area contributed by atoms with E-state index in [-0.39, 0.29) is 18.5 Å². The first-order chi connectivity index (χ1) is 16.9. The summed E-state index contributed by atoms with van der Waals surface area (Å²) < 4.78 is 0. The highest BCUT2D eigenvalue weighted by Gasteiger charge is 2.20. The van der Waals surface area contributed by atoms with E-state index in [0.717, 1.165) is 19.4 Å². The van der Waals surface area contributed by atoms with Gasteiger partial charge in [0.1, 0.15) is 24.2 Å². The summed E-state index contributed by atoms with van der Waals surface area (Å²) in [5.74, 6) is -4.60. The summed E-state index contributed by atoms with van der Waals surface area (Å²) in [6.45, 7) is 3.84. The van der Waals surface area contributed by atoms with Crippen LogP contribution in [0.4, 0.5) is 0 Å². The largest absolute Gasteiger partial charge is 0.480 e. The molecule has 1 saturated heterocycles. The van der Waals surface area contributed by atoms with E-state index < -0.39 is 48.0 Å². The average molecular weight is 543 g/mol. The lowest BCUT2D eigenvalue weighted by atomic mass is 10.2. The summed E-state index contributed by atoms with van der Waals surface area (Å²) in [7, 11) is 0. The Morgan fingerprint density at radius 3 is 1.49 bits per heavy atom. The van der Waals surface area contributed by atoms with Crippen molar-refractivity contribution in [3.8, 4) is 0 Å². The third kappa shape index (κ3) is 37.1. The van der Waals surface area contributed by atoms with E-state index in [4.69, 9.17) is 54.2 Å². The zero-order valence-electron chi connectivity index (χ0n) is 20.9. The van der Waals surface area contributed by atoms with Crippen molar-refractivity contribution in [3.63, 3.8) is 0 Å². The number of carbonyl (C=O) groups is 5. The van der Waals surface area contributed by atoms with Crippen LogP contribution in [-0.2, 0) is 24.0 Å². The fourth-order valence-corrected chi connectivity index (χ4v) is 1.54. The molecule has 0 bridgehead atoms. The molecule has 0 aromatic heterocycles. The third-order valence-electron chi connectivity index (χ3n) is 3.60. The van der Waals surface area contributed by atoms with Crippen molar-refractivity contribution < 1.29 is 49.5 Å². The first-order valence-electron chi connectivity index (χ1n) is 10.8. The molecule has 218 valence electrons. The number of aliphatic imine (C=N–C) groups is 1. The highest BCUT2D eigenvalue weighted by atomic mass is 16.4. The fraction of sp³-hybridized carbons (Fsp3) is 0.684. The Labute approximate surface area is 214 Å². The van der Waals surface area contributed by atoms with Crippen molar-refractivity contribution >= 4 is 35.8 Å². The molecular formula is C19H42N8O10. The number of hydrogen-bond acceptors (Lipinski definition) is 11. The molecule has 37 heavy (non-hydrogen) atoms. The van der Waals surface area contributed by atoms with Gasteiger partial charge in [0.05, 0.1) is 6.54 Å². The predicted molar refractivity (Wildman–Crippen MR) is 133 cm³/mol. The van der Waals surface area contributed by atoms with E-state index in [1.54, 1.807) is 0 Å². The standard InChI is InChI=1S/C6H14N4O2.C5H9NO2.2C3H7NO2.C2H5NO2/c7-4(5(11)12)2-1-3-10-6(8)9;7-5(8)4-2-1-3-6-4;2*1-2(4)3(5)6;3-1-2(4)5/h4H,1-3,7H2,(H,11,12)(H4,8,9,10);4,6H,1-3H2,(H,7,8);2*2H,4H2,1H3,(H,5,6);1,3H2,(H,4,5)/t2*4-;2*2-;/m0000./s1. The van der Waals surface area contributed by atoms with Crippen LogP contribution in [0.3, 0.4) is 0 Å². The summed E-state index contributed by atoms with van der Waals surface area (Å²) >= 11 is 0. The minimum Gasteiger partial charge on any atom is -0.480 e. The molecule has 1 aliphatic rings. The number of rotatable bonds is 9. The minimum absolute atomic E-state index is 0.0129. The molecule has 0 radical (unpaired) electrons. The Bertz CT molecular complexity index is 676. The maximum atomic E-state index is 10.2. The molecular weight excluding hydrogens is 500 g/mol. The third-order valence-corrected chi connectivity index (χ3v) is 3.60. The Balaban J connectivity index is -0.000000192. The number of nitrogens with two attached hydrogens (primary N) is 6. The number of hydrogen-bond donors (Lipinski definition) is 12. The minimum atomic E-state index is -1.00. The SMILES string of the molecule is C[C@H](N)C(=O)O.C[C@H](N)C(=O)O.NC(N)=NCCC[C@H](N)C(=O)O.NCC(=O)O.O=C(O)[C@@H]1CCCN1. The quantitative estimate of drug-likeness (QED) is 0.0752. The van der Waals surface area contributed by atoms with Crippen LogP contribution in [0.15, 0.2) is 4.99 Å². The summed E-state index contributed by atoms with van der Waals surface area (Å²) in [5.41, 5.74) is 29.6. The molecule has 18 N–H and O–H groups in total. The molecule has 18 nitrogen and oxygen atoms in total. The predicted octanol–water partition coefficient (Wildman–Crippen LogP) is -3.86. The van der Waals surface area contributed by atoms with Gasteiger partial charge in [-0.25, -0.2) is 0 Å². The summed E-state index contributed by atoms with van der Waals surface area (Å²) in [4.78, 5) is 52.4. The van der Waals surface area contributed by atoms with Gasteiger partial charge < -0.3 is 65.3 Å². The molecule has 0 aromatic carbocycles. The summed E-state index contributed by atoms with van der Waals surface area (Å²) in [6.07, 6.45) is 2.74. The fourth-order valence-electron chi connectivity index (χ4n) is 1.54. The molecule has 0 unspecified atom stereocenters. The van der Waals surface area contributed by atoms with Gasteiger partial charge >= 0.3 is 29.8 Å². The summed E-state index contributed by atoms with van der Waals surface area (Å²) in [5, 5.41) is 42.9. The lowest BCUT2D eigenvalue weighted by Gasteiger charge is -2.03. The second kappa shape index (κ2) is 25.5.